The Morgan fingerprint density at radius 1 is 0.652 bits per heavy atom. The quantitative estimate of drug-likeness (QED) is 0.177. The van der Waals surface area contributed by atoms with E-state index >= 15 is 0 Å². The van der Waals surface area contributed by atoms with Crippen molar-refractivity contribution in [3.05, 3.63) is 0 Å². The number of hydrogen-bond acceptors (Lipinski definition) is 2. The minimum absolute atomic E-state index is 0. The van der Waals surface area contributed by atoms with E-state index in [0.29, 0.717) is 6.61 Å². The molecule has 0 aromatic rings. The van der Waals surface area contributed by atoms with Gasteiger partial charge in [0.1, 0.15) is 0 Å². The molecule has 0 fully saturated rings. The summed E-state index contributed by atoms with van der Waals surface area (Å²) in [6.07, 6.45) is 21.4. The summed E-state index contributed by atoms with van der Waals surface area (Å²) in [5.41, 5.74) is 0. The Morgan fingerprint density at radius 2 is 0.957 bits per heavy atom. The van der Waals surface area contributed by atoms with Crippen molar-refractivity contribution < 1.29 is 54.8 Å². The van der Waals surface area contributed by atoms with Crippen molar-refractivity contribution in [1.82, 2.24) is 0 Å². The van der Waals surface area contributed by atoms with Crippen LogP contribution in [0.4, 0.5) is 0 Å². The summed E-state index contributed by atoms with van der Waals surface area (Å²) >= 11 is 0. The molecule has 5 heteroatoms. The van der Waals surface area contributed by atoms with E-state index in [9.17, 15) is 4.57 Å². The second-order valence-corrected chi connectivity index (χ2v) is 7.24. The molecule has 0 aliphatic heterocycles. The van der Waals surface area contributed by atoms with Gasteiger partial charge in [-0.3, -0.25) is 4.57 Å². The zero-order chi connectivity index (χ0) is 16.3. The van der Waals surface area contributed by atoms with Gasteiger partial charge in [0.25, 0.3) is 0 Å². The molecule has 3 nitrogen and oxygen atoms in total. The van der Waals surface area contributed by atoms with Crippen molar-refractivity contribution in [1.29, 1.82) is 0 Å². The fraction of sp³-hybridized carbons (Fsp3) is 1.00. The van der Waals surface area contributed by atoms with Crippen molar-refractivity contribution in [3.8, 4) is 0 Å². The molecule has 0 aliphatic carbocycles. The maximum Gasteiger partial charge on any atom is 0.316 e. The molecule has 0 rings (SSSR count). The Labute approximate surface area is 178 Å². The maximum absolute atomic E-state index is 10.3. The van der Waals surface area contributed by atoms with Crippen LogP contribution in [-0.2, 0) is 9.09 Å². The molecule has 138 valence electrons. The molecule has 0 heterocycles. The second kappa shape index (κ2) is 23.5. The third-order valence-electron chi connectivity index (χ3n) is 4.22. The van der Waals surface area contributed by atoms with Crippen molar-refractivity contribution >= 4 is 8.25 Å². The van der Waals surface area contributed by atoms with Gasteiger partial charge in [-0.1, -0.05) is 103 Å². The Balaban J connectivity index is 0. The predicted molar refractivity (Wildman–Crippen MR) is 96.7 cm³/mol. The molecule has 0 bridgehead atoms. The summed E-state index contributed by atoms with van der Waals surface area (Å²) < 4.78 is 15.0. The minimum atomic E-state index is -2.70. The molecule has 0 amide bonds. The molecule has 1 N–H and O–H groups in total. The van der Waals surface area contributed by atoms with E-state index in [1.807, 2.05) is 0 Å². The molecule has 23 heavy (non-hydrogen) atoms. The average Bonchev–Trinajstić information content (AvgIpc) is 2.50. The van der Waals surface area contributed by atoms with Crippen LogP contribution in [0.25, 0.3) is 0 Å². The minimum Gasteiger partial charge on any atom is -0.326 e. The summed E-state index contributed by atoms with van der Waals surface area (Å²) in [5.74, 6) is 0. The van der Waals surface area contributed by atoms with Gasteiger partial charge in [-0.15, -0.1) is 0 Å². The van der Waals surface area contributed by atoms with E-state index in [4.69, 9.17) is 4.89 Å². The van der Waals surface area contributed by atoms with Gasteiger partial charge in [0.15, 0.2) is 0 Å². The Kier molecular flexibility index (Phi) is 27.3. The first-order chi connectivity index (χ1) is 10.8. The van der Waals surface area contributed by atoms with Crippen LogP contribution in [0.15, 0.2) is 0 Å². The van der Waals surface area contributed by atoms with E-state index in [-0.39, 0.29) is 40.8 Å². The van der Waals surface area contributed by atoms with Crippen molar-refractivity contribution in [2.45, 2.75) is 110 Å². The third kappa shape index (κ3) is 25.8. The van der Waals surface area contributed by atoms with Gasteiger partial charge >= 0.3 is 8.25 Å². The molecule has 0 radical (unpaired) electrons. The predicted octanol–water partition coefficient (Wildman–Crippen LogP) is 6.65. The van der Waals surface area contributed by atoms with Gasteiger partial charge < -0.3 is 9.42 Å². The summed E-state index contributed by atoms with van der Waals surface area (Å²) in [7, 11) is -2.70. The summed E-state index contributed by atoms with van der Waals surface area (Å²) in [6.45, 7) is 2.71. The largest absolute Gasteiger partial charge is 0.326 e. The van der Waals surface area contributed by atoms with Gasteiger partial charge in [0, 0.05) is 40.8 Å². The topological polar surface area (TPSA) is 46.5 Å². The molecule has 0 aliphatic rings. The number of unbranched alkanes of at least 4 members (excludes halogenated alkanes) is 15. The SMILES string of the molecule is CCCCCCCCCCCCCCCCCCO[PH](=O)O.[Nd]. The average molecular weight is 479 g/mol. The van der Waals surface area contributed by atoms with Crippen molar-refractivity contribution in [2.24, 2.45) is 0 Å². The van der Waals surface area contributed by atoms with E-state index in [1.54, 1.807) is 0 Å². The van der Waals surface area contributed by atoms with E-state index in [2.05, 4.69) is 11.4 Å². The molecule has 0 spiro atoms. The first kappa shape index (κ1) is 26.7. The second-order valence-electron chi connectivity index (χ2n) is 6.42. The van der Waals surface area contributed by atoms with Gasteiger partial charge in [-0.05, 0) is 6.42 Å². The molecule has 1 unspecified atom stereocenters. The molecule has 0 saturated heterocycles. The van der Waals surface area contributed by atoms with Gasteiger partial charge in [-0.25, -0.2) is 0 Å². The Bertz CT molecular complexity index is 240. The van der Waals surface area contributed by atoms with Crippen LogP contribution in [0.2, 0.25) is 0 Å². The first-order valence-electron chi connectivity index (χ1n) is 9.63. The third-order valence-corrected chi connectivity index (χ3v) is 4.67. The first-order valence-corrected chi connectivity index (χ1v) is 10.9. The van der Waals surface area contributed by atoms with Gasteiger partial charge in [0.05, 0.1) is 6.61 Å². The van der Waals surface area contributed by atoms with Crippen LogP contribution in [0, 0.1) is 40.8 Å². The normalized spacial score (nSPS) is 12.1. The van der Waals surface area contributed by atoms with E-state index in [1.165, 1.54) is 89.9 Å². The Morgan fingerprint density at radius 3 is 1.26 bits per heavy atom. The standard InChI is InChI=1S/C18H39O3P.Nd/c1-2-3-4-5-6-7-8-9-10-11-12-13-14-15-16-17-18-21-22(19)20;/h22H,2-18H2,1H3,(H,19,20);. The molecule has 0 aromatic carbocycles. The fourth-order valence-electron chi connectivity index (χ4n) is 2.81. The zero-order valence-electron chi connectivity index (χ0n) is 15.3. The van der Waals surface area contributed by atoms with E-state index < -0.39 is 8.25 Å². The summed E-state index contributed by atoms with van der Waals surface area (Å²) in [6, 6.07) is 0. The number of hydrogen-bond donors (Lipinski definition) is 1. The summed E-state index contributed by atoms with van der Waals surface area (Å²) in [5, 5.41) is 0. The maximum atomic E-state index is 10.3. The van der Waals surface area contributed by atoms with Crippen molar-refractivity contribution in [2.75, 3.05) is 6.61 Å². The van der Waals surface area contributed by atoms with E-state index in [0.717, 1.165) is 12.8 Å². The van der Waals surface area contributed by atoms with Crippen LogP contribution in [-0.4, -0.2) is 11.5 Å². The fourth-order valence-corrected chi connectivity index (χ4v) is 3.13. The smallest absolute Gasteiger partial charge is 0.316 e. The number of rotatable bonds is 18. The van der Waals surface area contributed by atoms with Crippen LogP contribution in [0.1, 0.15) is 110 Å². The zero-order valence-corrected chi connectivity index (χ0v) is 19.5. The molecule has 0 saturated carbocycles. The van der Waals surface area contributed by atoms with Crippen molar-refractivity contribution in [3.63, 3.8) is 0 Å². The van der Waals surface area contributed by atoms with Gasteiger partial charge in [0.2, 0.25) is 0 Å². The van der Waals surface area contributed by atoms with Crippen LogP contribution in [0.5, 0.6) is 0 Å². The monoisotopic (exact) mass is 476 g/mol. The van der Waals surface area contributed by atoms with Crippen LogP contribution >= 0.6 is 8.25 Å². The molecular formula is C18H39NdO3P. The summed E-state index contributed by atoms with van der Waals surface area (Å²) in [4.78, 5) is 8.50. The van der Waals surface area contributed by atoms with Crippen LogP contribution in [0.3, 0.4) is 0 Å². The molecular weight excluding hydrogens is 439 g/mol. The Hall–Kier alpha value is 1.50. The van der Waals surface area contributed by atoms with Crippen LogP contribution < -0.4 is 0 Å². The van der Waals surface area contributed by atoms with Gasteiger partial charge in [-0.2, -0.15) is 0 Å². The molecule has 1 atom stereocenters. The molecule has 0 aromatic heterocycles.